The highest BCUT2D eigenvalue weighted by molar-refractivity contribution is 5.82. The fourth-order valence-electron chi connectivity index (χ4n) is 4.85. The van der Waals surface area contributed by atoms with Crippen LogP contribution in [0.25, 0.3) is 0 Å². The van der Waals surface area contributed by atoms with E-state index in [2.05, 4.69) is 15.7 Å². The smallest absolute Gasteiger partial charge is 0.252 e. The van der Waals surface area contributed by atoms with Gasteiger partial charge in [-0.05, 0) is 37.0 Å². The van der Waals surface area contributed by atoms with Crippen molar-refractivity contribution in [3.05, 3.63) is 48.0 Å². The Morgan fingerprint density at radius 2 is 1.94 bits per heavy atom. The Bertz CT molecular complexity index is 842. The van der Waals surface area contributed by atoms with E-state index in [9.17, 15) is 4.79 Å². The summed E-state index contributed by atoms with van der Waals surface area (Å²) in [5.74, 6) is 1.73. The maximum absolute atomic E-state index is 13.1. The van der Waals surface area contributed by atoms with E-state index < -0.39 is 6.10 Å². The molecule has 2 aliphatic rings. The molecule has 1 amide bonds. The van der Waals surface area contributed by atoms with E-state index in [1.807, 2.05) is 42.4 Å². The number of morpholine rings is 1. The molecular formula is C25H35N3O3. The molecule has 31 heavy (non-hydrogen) atoms. The monoisotopic (exact) mass is 425 g/mol. The average Bonchev–Trinajstić information content (AvgIpc) is 3.24. The third kappa shape index (κ3) is 5.88. The second-order valence-electron chi connectivity index (χ2n) is 9.10. The molecule has 4 rings (SSSR count). The minimum atomic E-state index is -0.469. The van der Waals surface area contributed by atoms with Crippen LogP contribution in [0.5, 0.6) is 5.75 Å². The van der Waals surface area contributed by atoms with Crippen molar-refractivity contribution in [3.63, 3.8) is 0 Å². The van der Waals surface area contributed by atoms with Gasteiger partial charge in [0.05, 0.1) is 25.2 Å². The van der Waals surface area contributed by atoms with Crippen LogP contribution in [-0.4, -0.2) is 46.2 Å². The lowest BCUT2D eigenvalue weighted by molar-refractivity contribution is -0.161. The van der Waals surface area contributed by atoms with E-state index in [0.717, 1.165) is 29.5 Å². The third-order valence-corrected chi connectivity index (χ3v) is 6.60. The van der Waals surface area contributed by atoms with Crippen LogP contribution in [0.1, 0.15) is 56.7 Å². The van der Waals surface area contributed by atoms with Crippen LogP contribution in [-0.2, 0) is 29.0 Å². The fraction of sp³-hybridized carbons (Fsp3) is 0.600. The van der Waals surface area contributed by atoms with Crippen molar-refractivity contribution in [2.75, 3.05) is 13.7 Å². The maximum atomic E-state index is 13.1. The molecule has 2 aromatic rings. The third-order valence-electron chi connectivity index (χ3n) is 6.60. The molecular weight excluding hydrogens is 390 g/mol. The van der Waals surface area contributed by atoms with Crippen molar-refractivity contribution >= 4 is 5.91 Å². The predicted octanol–water partition coefficient (Wildman–Crippen LogP) is 4.22. The molecule has 1 saturated carbocycles. The molecule has 168 valence electrons. The van der Waals surface area contributed by atoms with Crippen molar-refractivity contribution in [2.24, 2.45) is 5.92 Å². The Morgan fingerprint density at radius 3 is 2.68 bits per heavy atom. The summed E-state index contributed by atoms with van der Waals surface area (Å²) in [6, 6.07) is 7.88. The van der Waals surface area contributed by atoms with Gasteiger partial charge in [-0.1, -0.05) is 44.2 Å². The van der Waals surface area contributed by atoms with Crippen LogP contribution >= 0.6 is 0 Å². The number of imidazole rings is 1. The maximum Gasteiger partial charge on any atom is 0.252 e. The van der Waals surface area contributed by atoms with Gasteiger partial charge in [-0.25, -0.2) is 4.98 Å². The number of aryl methyl sites for hydroxylation is 1. The van der Waals surface area contributed by atoms with Gasteiger partial charge in [0.15, 0.2) is 0 Å². The average molecular weight is 426 g/mol. The van der Waals surface area contributed by atoms with Crippen molar-refractivity contribution < 1.29 is 14.3 Å². The number of ether oxygens (including phenoxy) is 2. The van der Waals surface area contributed by atoms with Crippen LogP contribution in [0.2, 0.25) is 0 Å². The van der Waals surface area contributed by atoms with E-state index in [0.29, 0.717) is 19.5 Å². The molecule has 1 aromatic heterocycles. The number of methoxy groups -OCH3 is 1. The van der Waals surface area contributed by atoms with Gasteiger partial charge < -0.3 is 18.9 Å². The number of nitrogens with zero attached hydrogens (tertiary/aromatic N) is 3. The van der Waals surface area contributed by atoms with Crippen molar-refractivity contribution in [3.8, 4) is 5.75 Å². The molecule has 2 unspecified atom stereocenters. The zero-order valence-electron chi connectivity index (χ0n) is 18.8. The summed E-state index contributed by atoms with van der Waals surface area (Å²) >= 11 is 0. The molecule has 1 aliphatic carbocycles. The lowest BCUT2D eigenvalue weighted by Gasteiger charge is -2.36. The second-order valence-corrected chi connectivity index (χ2v) is 9.10. The summed E-state index contributed by atoms with van der Waals surface area (Å²) in [6.45, 7) is 4.24. The highest BCUT2D eigenvalue weighted by atomic mass is 16.5. The quantitative estimate of drug-likeness (QED) is 0.635. The van der Waals surface area contributed by atoms with Gasteiger partial charge in [-0.3, -0.25) is 4.79 Å². The first-order valence-electron chi connectivity index (χ1n) is 11.7. The number of aromatic nitrogens is 2. The molecule has 0 radical (unpaired) electrons. The molecule has 2 atom stereocenters. The van der Waals surface area contributed by atoms with Crippen LogP contribution in [0.3, 0.4) is 0 Å². The second kappa shape index (κ2) is 10.3. The van der Waals surface area contributed by atoms with E-state index in [1.54, 1.807) is 7.11 Å². The zero-order chi connectivity index (χ0) is 21.6. The molecule has 2 fully saturated rings. The first kappa shape index (κ1) is 21.9. The van der Waals surface area contributed by atoms with Crippen molar-refractivity contribution in [2.45, 2.75) is 77.2 Å². The van der Waals surface area contributed by atoms with Gasteiger partial charge >= 0.3 is 0 Å². The van der Waals surface area contributed by atoms with E-state index >= 15 is 0 Å². The number of carbonyl (C=O) groups is 1. The van der Waals surface area contributed by atoms with Gasteiger partial charge in [-0.2, -0.15) is 0 Å². The first-order valence-corrected chi connectivity index (χ1v) is 11.7. The molecule has 6 heteroatoms. The number of rotatable bonds is 8. The van der Waals surface area contributed by atoms with Gasteiger partial charge in [0.2, 0.25) is 0 Å². The Balaban J connectivity index is 1.33. The van der Waals surface area contributed by atoms with E-state index in [4.69, 9.17) is 9.47 Å². The summed E-state index contributed by atoms with van der Waals surface area (Å²) in [6.07, 6.45) is 12.2. The number of amides is 1. The summed E-state index contributed by atoms with van der Waals surface area (Å²) < 4.78 is 13.4. The summed E-state index contributed by atoms with van der Waals surface area (Å²) in [7, 11) is 1.66. The molecule has 0 bridgehead atoms. The van der Waals surface area contributed by atoms with Crippen LogP contribution < -0.4 is 4.74 Å². The van der Waals surface area contributed by atoms with Crippen molar-refractivity contribution in [1.29, 1.82) is 0 Å². The standard InChI is InChI=1S/C25H35N3O3/c1-19-15-28(16-21-8-10-23(30-2)11-9-21)25(29)24(31-19)14-22-17-27(18-26-22)13-12-20-6-4-3-5-7-20/h8-11,17-20,24H,3-7,12-16H2,1-2H3. The van der Waals surface area contributed by atoms with Gasteiger partial charge in [-0.15, -0.1) is 0 Å². The summed E-state index contributed by atoms with van der Waals surface area (Å²) in [4.78, 5) is 19.5. The fourth-order valence-corrected chi connectivity index (χ4v) is 4.85. The molecule has 2 heterocycles. The van der Waals surface area contributed by atoms with Crippen molar-refractivity contribution in [1.82, 2.24) is 14.5 Å². The van der Waals surface area contributed by atoms with Gasteiger partial charge in [0.1, 0.15) is 11.9 Å². The Kier molecular flexibility index (Phi) is 7.28. The lowest BCUT2D eigenvalue weighted by Crippen LogP contribution is -2.51. The Hall–Kier alpha value is -2.34. The van der Waals surface area contributed by atoms with Gasteiger partial charge in [0.25, 0.3) is 5.91 Å². The summed E-state index contributed by atoms with van der Waals surface area (Å²) in [5, 5.41) is 0. The number of benzene rings is 1. The van der Waals surface area contributed by atoms with E-state index in [-0.39, 0.29) is 12.0 Å². The minimum Gasteiger partial charge on any atom is -0.497 e. The highest BCUT2D eigenvalue weighted by Gasteiger charge is 2.33. The van der Waals surface area contributed by atoms with Crippen LogP contribution in [0, 0.1) is 5.92 Å². The highest BCUT2D eigenvalue weighted by Crippen LogP contribution is 2.27. The Morgan fingerprint density at radius 1 is 1.16 bits per heavy atom. The lowest BCUT2D eigenvalue weighted by atomic mass is 9.87. The van der Waals surface area contributed by atoms with Gasteiger partial charge in [0, 0.05) is 32.3 Å². The number of hydrogen-bond acceptors (Lipinski definition) is 4. The largest absolute Gasteiger partial charge is 0.497 e. The SMILES string of the molecule is COc1ccc(CN2CC(C)OC(Cc3cn(CCC4CCCCC4)cn3)C2=O)cc1. The van der Waals surface area contributed by atoms with Crippen LogP contribution in [0.15, 0.2) is 36.8 Å². The zero-order valence-corrected chi connectivity index (χ0v) is 18.8. The Labute approximate surface area is 185 Å². The normalized spacial score (nSPS) is 22.6. The molecule has 1 saturated heterocycles. The predicted molar refractivity (Wildman–Crippen MR) is 120 cm³/mol. The van der Waals surface area contributed by atoms with E-state index in [1.165, 1.54) is 38.5 Å². The molecule has 6 nitrogen and oxygen atoms in total. The number of hydrogen-bond donors (Lipinski definition) is 0. The summed E-state index contributed by atoms with van der Waals surface area (Å²) in [5.41, 5.74) is 2.02. The molecule has 1 aromatic carbocycles. The molecule has 1 aliphatic heterocycles. The number of carbonyl (C=O) groups excluding carboxylic acids is 1. The molecule has 0 spiro atoms. The van der Waals surface area contributed by atoms with Crippen LogP contribution in [0.4, 0.5) is 0 Å². The first-order chi connectivity index (χ1) is 15.1. The topological polar surface area (TPSA) is 56.6 Å². The molecule has 0 N–H and O–H groups in total. The minimum absolute atomic E-state index is 0.00864.